The quantitative estimate of drug-likeness (QED) is 0.639. The van der Waals surface area contributed by atoms with Gasteiger partial charge in [-0.05, 0) is 24.8 Å². The Morgan fingerprint density at radius 2 is 2.03 bits per heavy atom. The van der Waals surface area contributed by atoms with Crippen LogP contribution < -0.4 is 4.90 Å². The summed E-state index contributed by atoms with van der Waals surface area (Å²) in [4.78, 5) is 16.9. The Morgan fingerprint density at radius 3 is 2.72 bits per heavy atom. The molecule has 154 valence electrons. The van der Waals surface area contributed by atoms with E-state index in [0.717, 1.165) is 30.2 Å². The molecule has 1 spiro atoms. The van der Waals surface area contributed by atoms with Crippen molar-refractivity contribution in [2.75, 3.05) is 31.1 Å². The first kappa shape index (κ1) is 19.0. The van der Waals surface area contributed by atoms with Crippen molar-refractivity contribution >= 4 is 27.4 Å². The van der Waals surface area contributed by atoms with E-state index in [9.17, 15) is 0 Å². The minimum Gasteiger partial charge on any atom is -0.355 e. The average Bonchev–Trinajstić information content (AvgIpc) is 3.38. The van der Waals surface area contributed by atoms with E-state index in [1.165, 1.54) is 35.3 Å². The second kappa shape index (κ2) is 7.06. The Labute approximate surface area is 176 Å². The summed E-state index contributed by atoms with van der Waals surface area (Å²) in [5, 5.41) is 5.64. The van der Waals surface area contributed by atoms with E-state index >= 15 is 0 Å². The number of rotatable bonds is 5. The van der Waals surface area contributed by atoms with Crippen LogP contribution in [-0.2, 0) is 13.5 Å². The normalized spacial score (nSPS) is 20.1. The summed E-state index contributed by atoms with van der Waals surface area (Å²) in [7, 11) is 2.00. The molecule has 2 aliphatic rings. The van der Waals surface area contributed by atoms with Crippen molar-refractivity contribution in [1.82, 2.24) is 24.6 Å². The van der Waals surface area contributed by atoms with Crippen molar-refractivity contribution in [3.63, 3.8) is 0 Å². The molecule has 3 aromatic rings. The van der Waals surface area contributed by atoms with E-state index in [1.54, 1.807) is 17.7 Å². The minimum absolute atomic E-state index is 0.399. The van der Waals surface area contributed by atoms with Gasteiger partial charge in [0.05, 0.1) is 11.6 Å². The third-order valence-electron chi connectivity index (χ3n) is 6.61. The molecule has 7 heteroatoms. The monoisotopic (exact) mass is 410 g/mol. The number of hydrogen-bond donors (Lipinski definition) is 0. The van der Waals surface area contributed by atoms with Gasteiger partial charge in [-0.3, -0.25) is 9.58 Å². The van der Waals surface area contributed by atoms with Gasteiger partial charge in [0.1, 0.15) is 17.0 Å². The molecule has 2 fully saturated rings. The lowest BCUT2D eigenvalue weighted by Gasteiger charge is -2.52. The fourth-order valence-electron chi connectivity index (χ4n) is 5.32. The Kier molecular flexibility index (Phi) is 4.62. The SMILES string of the molecule is CCc1cc2c(N3CCC4(C3)CN([C@H](c3cnn(C)c3)C(C)C)C4)ncnc2s1. The smallest absolute Gasteiger partial charge is 0.140 e. The van der Waals surface area contributed by atoms with E-state index in [1.807, 2.05) is 17.9 Å². The Hall–Kier alpha value is -1.99. The van der Waals surface area contributed by atoms with Crippen molar-refractivity contribution < 1.29 is 0 Å². The van der Waals surface area contributed by atoms with Gasteiger partial charge in [0, 0.05) is 61.3 Å². The van der Waals surface area contributed by atoms with Gasteiger partial charge in [0.25, 0.3) is 0 Å². The second-order valence-corrected chi connectivity index (χ2v) is 10.3. The molecule has 0 aliphatic carbocycles. The van der Waals surface area contributed by atoms with Crippen LogP contribution in [0.15, 0.2) is 24.8 Å². The summed E-state index contributed by atoms with van der Waals surface area (Å²) in [6.45, 7) is 11.4. The predicted molar refractivity (Wildman–Crippen MR) is 118 cm³/mol. The summed E-state index contributed by atoms with van der Waals surface area (Å²) in [6.07, 6.45) is 8.26. The number of likely N-dealkylation sites (tertiary alicyclic amines) is 1. The molecule has 0 N–H and O–H groups in total. The van der Waals surface area contributed by atoms with Gasteiger partial charge in [-0.2, -0.15) is 5.10 Å². The topological polar surface area (TPSA) is 50.1 Å². The lowest BCUT2D eigenvalue weighted by atomic mass is 9.76. The van der Waals surface area contributed by atoms with E-state index in [2.05, 4.69) is 52.9 Å². The number of aryl methyl sites for hydroxylation is 2. The maximum Gasteiger partial charge on any atom is 0.140 e. The summed E-state index contributed by atoms with van der Waals surface area (Å²) in [5.41, 5.74) is 1.74. The summed E-state index contributed by atoms with van der Waals surface area (Å²) in [5.74, 6) is 1.71. The van der Waals surface area contributed by atoms with E-state index in [4.69, 9.17) is 4.98 Å². The van der Waals surface area contributed by atoms with Gasteiger partial charge in [-0.1, -0.05) is 20.8 Å². The molecule has 5 heterocycles. The van der Waals surface area contributed by atoms with Crippen LogP contribution in [0.25, 0.3) is 10.2 Å². The maximum atomic E-state index is 4.69. The van der Waals surface area contributed by atoms with Gasteiger partial charge >= 0.3 is 0 Å². The van der Waals surface area contributed by atoms with Crippen LogP contribution in [0.2, 0.25) is 0 Å². The number of aromatic nitrogens is 4. The molecule has 2 aliphatic heterocycles. The van der Waals surface area contributed by atoms with Crippen LogP contribution in [0, 0.1) is 11.3 Å². The van der Waals surface area contributed by atoms with Crippen molar-refractivity contribution in [1.29, 1.82) is 0 Å². The Balaban J connectivity index is 1.33. The zero-order valence-electron chi connectivity index (χ0n) is 17.8. The largest absolute Gasteiger partial charge is 0.355 e. The Morgan fingerprint density at radius 1 is 1.21 bits per heavy atom. The zero-order valence-corrected chi connectivity index (χ0v) is 18.6. The molecule has 0 amide bonds. The molecular weight excluding hydrogens is 380 g/mol. The number of hydrogen-bond acceptors (Lipinski definition) is 6. The third-order valence-corrected chi connectivity index (χ3v) is 7.80. The van der Waals surface area contributed by atoms with Gasteiger partial charge in [-0.15, -0.1) is 11.3 Å². The maximum absolute atomic E-state index is 4.69. The molecule has 2 saturated heterocycles. The van der Waals surface area contributed by atoms with E-state index in [0.29, 0.717) is 17.4 Å². The number of nitrogens with zero attached hydrogens (tertiary/aromatic N) is 6. The van der Waals surface area contributed by atoms with Crippen molar-refractivity contribution in [3.05, 3.63) is 35.2 Å². The highest BCUT2D eigenvalue weighted by atomic mass is 32.1. The second-order valence-electron chi connectivity index (χ2n) is 9.20. The standard InChI is InChI=1S/C22H30N6S/c1-5-17-8-18-20(23-14-24-21(18)29-17)27-7-6-22(11-27)12-28(13-22)19(15(2)3)16-9-25-26(4)10-16/h8-10,14-15,19H,5-7,11-13H2,1-4H3/t19-/m0/s1. The fourth-order valence-corrected chi connectivity index (χ4v) is 6.24. The highest BCUT2D eigenvalue weighted by molar-refractivity contribution is 7.18. The molecule has 5 rings (SSSR count). The molecule has 0 saturated carbocycles. The summed E-state index contributed by atoms with van der Waals surface area (Å²) in [6, 6.07) is 2.75. The lowest BCUT2D eigenvalue weighted by Crippen LogP contribution is -2.59. The molecule has 1 atom stereocenters. The van der Waals surface area contributed by atoms with Crippen molar-refractivity contribution in [2.24, 2.45) is 18.4 Å². The molecule has 0 unspecified atom stereocenters. The van der Waals surface area contributed by atoms with Crippen LogP contribution in [0.1, 0.15) is 43.7 Å². The minimum atomic E-state index is 0.399. The molecule has 29 heavy (non-hydrogen) atoms. The van der Waals surface area contributed by atoms with E-state index in [-0.39, 0.29) is 0 Å². The van der Waals surface area contributed by atoms with Gasteiger partial charge in [0.15, 0.2) is 0 Å². The van der Waals surface area contributed by atoms with Crippen molar-refractivity contribution in [2.45, 2.75) is 39.7 Å². The molecule has 0 bridgehead atoms. The average molecular weight is 411 g/mol. The molecule has 3 aromatic heterocycles. The zero-order chi connectivity index (χ0) is 20.2. The van der Waals surface area contributed by atoms with Gasteiger partial charge in [0.2, 0.25) is 0 Å². The fraction of sp³-hybridized carbons (Fsp3) is 0.591. The summed E-state index contributed by atoms with van der Waals surface area (Å²) < 4.78 is 1.92. The molecule has 6 nitrogen and oxygen atoms in total. The van der Waals surface area contributed by atoms with Crippen LogP contribution in [-0.4, -0.2) is 50.8 Å². The van der Waals surface area contributed by atoms with Crippen LogP contribution >= 0.6 is 11.3 Å². The highest BCUT2D eigenvalue weighted by Crippen LogP contribution is 2.46. The van der Waals surface area contributed by atoms with Crippen molar-refractivity contribution in [3.8, 4) is 0 Å². The summed E-state index contributed by atoms with van der Waals surface area (Å²) >= 11 is 1.80. The molecule has 0 aromatic carbocycles. The Bertz CT molecular complexity index is 1020. The molecular formula is C22H30N6S. The van der Waals surface area contributed by atoms with Gasteiger partial charge < -0.3 is 4.90 Å². The first-order chi connectivity index (χ1) is 14.0. The predicted octanol–water partition coefficient (Wildman–Crippen LogP) is 3.90. The number of anilines is 1. The highest BCUT2D eigenvalue weighted by Gasteiger charge is 2.50. The first-order valence-electron chi connectivity index (χ1n) is 10.7. The van der Waals surface area contributed by atoms with E-state index < -0.39 is 0 Å². The first-order valence-corrected chi connectivity index (χ1v) is 11.5. The van der Waals surface area contributed by atoms with Crippen LogP contribution in [0.4, 0.5) is 5.82 Å². The number of thiophene rings is 1. The van der Waals surface area contributed by atoms with Crippen LogP contribution in [0.3, 0.4) is 0 Å². The van der Waals surface area contributed by atoms with Gasteiger partial charge in [-0.25, -0.2) is 9.97 Å². The molecule has 0 radical (unpaired) electrons. The van der Waals surface area contributed by atoms with Crippen LogP contribution in [0.5, 0.6) is 0 Å². The third kappa shape index (κ3) is 3.24. The lowest BCUT2D eigenvalue weighted by molar-refractivity contribution is -0.0321. The number of fused-ring (bicyclic) bond motifs is 1.